The Kier molecular flexibility index (Phi) is 4.54. The van der Waals surface area contributed by atoms with Gasteiger partial charge in [-0.3, -0.25) is 0 Å². The van der Waals surface area contributed by atoms with Crippen molar-refractivity contribution in [3.05, 3.63) is 35.6 Å². The van der Waals surface area contributed by atoms with Crippen LogP contribution in [0.2, 0.25) is 0 Å². The second-order valence-electron chi connectivity index (χ2n) is 6.23. The molecule has 116 valence electrons. The van der Waals surface area contributed by atoms with Gasteiger partial charge in [-0.2, -0.15) is 0 Å². The van der Waals surface area contributed by atoms with Crippen molar-refractivity contribution in [1.29, 1.82) is 0 Å². The number of aliphatic carboxylic acids is 1. The molecule has 0 amide bonds. The summed E-state index contributed by atoms with van der Waals surface area (Å²) in [5.74, 6) is -0.457. The number of hydrogen-bond acceptors (Lipinski definition) is 4. The zero-order valence-corrected chi connectivity index (χ0v) is 12.6. The van der Waals surface area contributed by atoms with E-state index in [1.807, 2.05) is 25.2 Å². The molecule has 0 unspecified atom stereocenters. The Hall–Kier alpha value is -1.59. The molecular formula is C16H22O5. The molecule has 0 aromatic heterocycles. The molecule has 0 saturated carbocycles. The van der Waals surface area contributed by atoms with Gasteiger partial charge < -0.3 is 19.7 Å². The highest BCUT2D eigenvalue weighted by Gasteiger charge is 2.34. The van der Waals surface area contributed by atoms with E-state index in [0.717, 1.165) is 5.57 Å². The Morgan fingerprint density at radius 1 is 1.33 bits per heavy atom. The largest absolute Gasteiger partial charge is 0.479 e. The smallest absolute Gasteiger partial charge is 0.333 e. The van der Waals surface area contributed by atoms with Crippen LogP contribution in [0, 0.1) is 5.41 Å². The van der Waals surface area contributed by atoms with Crippen LogP contribution in [0.25, 0.3) is 0 Å². The number of hydrogen-bond donors (Lipinski definition) is 2. The average molecular weight is 294 g/mol. The number of aliphatic hydroxyl groups excluding tert-OH is 1. The van der Waals surface area contributed by atoms with Gasteiger partial charge in [-0.25, -0.2) is 4.79 Å². The molecule has 0 spiro atoms. The molecule has 1 saturated heterocycles. The lowest BCUT2D eigenvalue weighted by atomic mass is 9.91. The van der Waals surface area contributed by atoms with Crippen LogP contribution in [0.15, 0.2) is 35.6 Å². The summed E-state index contributed by atoms with van der Waals surface area (Å²) in [5, 5.41) is 18.8. The van der Waals surface area contributed by atoms with E-state index in [1.165, 1.54) is 0 Å². The summed E-state index contributed by atoms with van der Waals surface area (Å²) in [6.07, 6.45) is 5.71. The standard InChI is InChI=1S/C16H22O5/c1-10-4-5-12(9-16(2,3)8-10)20-14-7-11(17)6-13(21-14)15(18)19/h4-5,8-9,11,13-14,17H,6-7H2,1-3H3,(H,18,19)/t11-,13-,14+/m0/s1. The number of allylic oxidation sites excluding steroid dienone is 5. The lowest BCUT2D eigenvalue weighted by molar-refractivity contribution is -0.208. The van der Waals surface area contributed by atoms with E-state index in [2.05, 4.69) is 19.9 Å². The first-order valence-corrected chi connectivity index (χ1v) is 7.08. The molecule has 0 radical (unpaired) electrons. The molecule has 3 atom stereocenters. The predicted octanol–water partition coefficient (Wildman–Crippen LogP) is 2.38. The lowest BCUT2D eigenvalue weighted by Gasteiger charge is -2.31. The van der Waals surface area contributed by atoms with Crippen LogP contribution in [0.1, 0.15) is 33.6 Å². The summed E-state index contributed by atoms with van der Waals surface area (Å²) in [7, 11) is 0. The Morgan fingerprint density at radius 3 is 2.71 bits per heavy atom. The van der Waals surface area contributed by atoms with E-state index >= 15 is 0 Å². The van der Waals surface area contributed by atoms with Crippen LogP contribution in [0.4, 0.5) is 0 Å². The summed E-state index contributed by atoms with van der Waals surface area (Å²) in [4.78, 5) is 11.0. The third kappa shape index (κ3) is 4.44. The quantitative estimate of drug-likeness (QED) is 0.835. The highest BCUT2D eigenvalue weighted by Crippen LogP contribution is 2.29. The average Bonchev–Trinajstić information content (AvgIpc) is 2.46. The van der Waals surface area contributed by atoms with E-state index in [1.54, 1.807) is 0 Å². The third-order valence-corrected chi connectivity index (χ3v) is 3.43. The number of ether oxygens (including phenoxy) is 2. The van der Waals surface area contributed by atoms with E-state index < -0.39 is 24.5 Å². The van der Waals surface area contributed by atoms with E-state index in [4.69, 9.17) is 14.6 Å². The molecular weight excluding hydrogens is 272 g/mol. The molecule has 0 bridgehead atoms. The Morgan fingerprint density at radius 2 is 2.05 bits per heavy atom. The number of aliphatic hydroxyl groups is 1. The molecule has 1 heterocycles. The second-order valence-corrected chi connectivity index (χ2v) is 6.23. The maximum absolute atomic E-state index is 11.0. The van der Waals surface area contributed by atoms with Crippen molar-refractivity contribution in [2.75, 3.05) is 0 Å². The van der Waals surface area contributed by atoms with Gasteiger partial charge >= 0.3 is 5.97 Å². The molecule has 2 N–H and O–H groups in total. The zero-order chi connectivity index (χ0) is 15.6. The van der Waals surface area contributed by atoms with Gasteiger partial charge in [-0.15, -0.1) is 0 Å². The van der Waals surface area contributed by atoms with Crippen molar-refractivity contribution in [3.63, 3.8) is 0 Å². The molecule has 21 heavy (non-hydrogen) atoms. The van der Waals surface area contributed by atoms with Crippen molar-refractivity contribution in [3.8, 4) is 0 Å². The number of carboxylic acid groups (broad SMARTS) is 1. The zero-order valence-electron chi connectivity index (χ0n) is 12.6. The van der Waals surface area contributed by atoms with Gasteiger partial charge in [0.05, 0.1) is 6.10 Å². The van der Waals surface area contributed by atoms with Gasteiger partial charge in [0, 0.05) is 18.3 Å². The van der Waals surface area contributed by atoms with Gasteiger partial charge in [0.1, 0.15) is 5.76 Å². The maximum atomic E-state index is 11.0. The highest BCUT2D eigenvalue weighted by molar-refractivity contribution is 5.72. The van der Waals surface area contributed by atoms with E-state index in [-0.39, 0.29) is 18.3 Å². The first kappa shape index (κ1) is 15.8. The van der Waals surface area contributed by atoms with Crippen LogP contribution < -0.4 is 0 Å². The minimum Gasteiger partial charge on any atom is -0.479 e. The fraction of sp³-hybridized carbons (Fsp3) is 0.562. The predicted molar refractivity (Wildman–Crippen MR) is 77.4 cm³/mol. The topological polar surface area (TPSA) is 76.0 Å². The molecule has 0 aromatic rings. The summed E-state index contributed by atoms with van der Waals surface area (Å²) in [6.45, 7) is 6.13. The van der Waals surface area contributed by atoms with Gasteiger partial charge in [0.15, 0.2) is 6.10 Å². The van der Waals surface area contributed by atoms with Gasteiger partial charge in [-0.05, 0) is 19.1 Å². The molecule has 5 nitrogen and oxygen atoms in total. The minimum atomic E-state index is -1.08. The molecule has 1 fully saturated rings. The Labute approximate surface area is 124 Å². The van der Waals surface area contributed by atoms with Crippen molar-refractivity contribution < 1.29 is 24.5 Å². The molecule has 2 aliphatic rings. The van der Waals surface area contributed by atoms with Crippen LogP contribution in [0.5, 0.6) is 0 Å². The third-order valence-electron chi connectivity index (χ3n) is 3.43. The number of carbonyl (C=O) groups is 1. The maximum Gasteiger partial charge on any atom is 0.333 e. The minimum absolute atomic E-state index is 0.0935. The monoisotopic (exact) mass is 294 g/mol. The van der Waals surface area contributed by atoms with E-state index in [0.29, 0.717) is 5.76 Å². The van der Waals surface area contributed by atoms with Crippen LogP contribution >= 0.6 is 0 Å². The summed E-state index contributed by atoms with van der Waals surface area (Å²) in [5.41, 5.74) is 0.963. The van der Waals surface area contributed by atoms with Gasteiger partial charge in [0.2, 0.25) is 6.29 Å². The Balaban J connectivity index is 2.09. The van der Waals surface area contributed by atoms with Crippen molar-refractivity contribution in [2.24, 2.45) is 5.41 Å². The molecule has 1 aliphatic carbocycles. The summed E-state index contributed by atoms with van der Waals surface area (Å²) < 4.78 is 11.1. The molecule has 0 aromatic carbocycles. The summed E-state index contributed by atoms with van der Waals surface area (Å²) >= 11 is 0. The highest BCUT2D eigenvalue weighted by atomic mass is 16.7. The number of carboxylic acids is 1. The van der Waals surface area contributed by atoms with Crippen LogP contribution in [0.3, 0.4) is 0 Å². The van der Waals surface area contributed by atoms with Crippen molar-refractivity contribution in [1.82, 2.24) is 0 Å². The SMILES string of the molecule is CC1=CC(C)(C)C=C(O[C@H]2C[C@@H](O)C[C@@H](C(=O)O)O2)C=C1. The molecule has 5 heteroatoms. The lowest BCUT2D eigenvalue weighted by Crippen LogP contribution is -2.41. The van der Waals surface area contributed by atoms with Crippen molar-refractivity contribution in [2.45, 2.75) is 52.1 Å². The van der Waals surface area contributed by atoms with Gasteiger partial charge in [0.25, 0.3) is 0 Å². The fourth-order valence-corrected chi connectivity index (χ4v) is 2.62. The summed E-state index contributed by atoms with van der Waals surface area (Å²) in [6, 6.07) is 0. The normalized spacial score (nSPS) is 31.9. The first-order chi connectivity index (χ1) is 9.75. The van der Waals surface area contributed by atoms with E-state index in [9.17, 15) is 9.90 Å². The van der Waals surface area contributed by atoms with Crippen LogP contribution in [-0.2, 0) is 14.3 Å². The van der Waals surface area contributed by atoms with Crippen LogP contribution in [-0.4, -0.2) is 34.7 Å². The Bertz CT molecular complexity index is 501. The number of rotatable bonds is 3. The van der Waals surface area contributed by atoms with Crippen molar-refractivity contribution >= 4 is 5.97 Å². The first-order valence-electron chi connectivity index (χ1n) is 7.08. The molecule has 2 rings (SSSR count). The molecule has 1 aliphatic heterocycles. The second kappa shape index (κ2) is 6.03. The fourth-order valence-electron chi connectivity index (χ4n) is 2.62. The van der Waals surface area contributed by atoms with Gasteiger partial charge in [-0.1, -0.05) is 31.6 Å².